The molecule has 0 radical (unpaired) electrons. The zero-order valence-corrected chi connectivity index (χ0v) is 16.7. The minimum atomic E-state index is -4.59. The van der Waals surface area contributed by atoms with E-state index in [0.717, 1.165) is 6.07 Å². The van der Waals surface area contributed by atoms with E-state index in [9.17, 15) is 32.9 Å². The van der Waals surface area contributed by atoms with E-state index in [-0.39, 0.29) is 23.7 Å². The minimum absolute atomic E-state index is 0.0370. The van der Waals surface area contributed by atoms with Crippen molar-refractivity contribution in [1.82, 2.24) is 4.98 Å². The first kappa shape index (κ1) is 23.0. The molecule has 1 saturated heterocycles. The zero-order valence-electron chi connectivity index (χ0n) is 16.7. The van der Waals surface area contributed by atoms with E-state index < -0.39 is 41.1 Å². The fourth-order valence-corrected chi connectivity index (χ4v) is 3.41. The van der Waals surface area contributed by atoms with E-state index in [1.807, 2.05) is 0 Å². The normalized spacial score (nSPS) is 16.3. The van der Waals surface area contributed by atoms with Crippen LogP contribution < -0.4 is 10.2 Å². The molecular formula is C20H19F3N4O5. The van der Waals surface area contributed by atoms with Gasteiger partial charge in [-0.15, -0.1) is 0 Å². The van der Waals surface area contributed by atoms with E-state index in [0.29, 0.717) is 19.4 Å². The van der Waals surface area contributed by atoms with E-state index in [2.05, 4.69) is 10.3 Å². The molecule has 0 bridgehead atoms. The Morgan fingerprint density at radius 1 is 1.25 bits per heavy atom. The number of piperidine rings is 1. The molecule has 0 saturated carbocycles. The standard InChI is InChI=1S/C20H19F3N4O5/c21-20(22,23)14-6-3-9-24-18(14)26-10-4-5-13(11-26)19(29)32-12-17(28)25-15-7-1-2-8-16(15)27(30)31/h1-3,6-9,13H,4-5,10-12H2,(H,25,28). The number of rotatable bonds is 6. The summed E-state index contributed by atoms with van der Waals surface area (Å²) >= 11 is 0. The quantitative estimate of drug-likeness (QED) is 0.406. The highest BCUT2D eigenvalue weighted by molar-refractivity contribution is 5.94. The monoisotopic (exact) mass is 452 g/mol. The van der Waals surface area contributed by atoms with Crippen LogP contribution in [0.25, 0.3) is 0 Å². The first-order valence-corrected chi connectivity index (χ1v) is 9.64. The van der Waals surface area contributed by atoms with Gasteiger partial charge < -0.3 is 15.0 Å². The Balaban J connectivity index is 1.60. The number of nitrogens with zero attached hydrogens (tertiary/aromatic N) is 3. The van der Waals surface area contributed by atoms with Gasteiger partial charge in [0.2, 0.25) is 0 Å². The molecule has 0 aliphatic carbocycles. The number of carbonyl (C=O) groups is 2. The summed E-state index contributed by atoms with van der Waals surface area (Å²) < 4.78 is 44.9. The molecule has 32 heavy (non-hydrogen) atoms. The molecule has 1 aromatic carbocycles. The Morgan fingerprint density at radius 2 is 2.00 bits per heavy atom. The molecule has 12 heteroatoms. The minimum Gasteiger partial charge on any atom is -0.455 e. The van der Waals surface area contributed by atoms with Gasteiger partial charge in [0.05, 0.1) is 16.4 Å². The van der Waals surface area contributed by atoms with Gasteiger partial charge in [-0.1, -0.05) is 12.1 Å². The molecule has 1 aliphatic rings. The van der Waals surface area contributed by atoms with Gasteiger partial charge in [-0.3, -0.25) is 19.7 Å². The second-order valence-electron chi connectivity index (χ2n) is 7.09. The van der Waals surface area contributed by atoms with E-state index in [1.165, 1.54) is 41.4 Å². The number of ether oxygens (including phenoxy) is 1. The van der Waals surface area contributed by atoms with Crippen LogP contribution in [0.15, 0.2) is 42.6 Å². The smallest absolute Gasteiger partial charge is 0.419 e. The third kappa shape index (κ3) is 5.50. The number of benzene rings is 1. The van der Waals surface area contributed by atoms with Crippen LogP contribution in [0.3, 0.4) is 0 Å². The van der Waals surface area contributed by atoms with E-state index in [4.69, 9.17) is 4.74 Å². The molecule has 3 rings (SSSR count). The number of nitro benzene ring substituents is 1. The van der Waals surface area contributed by atoms with Gasteiger partial charge in [0, 0.05) is 25.4 Å². The van der Waals surface area contributed by atoms with Crippen molar-refractivity contribution in [3.8, 4) is 0 Å². The summed E-state index contributed by atoms with van der Waals surface area (Å²) in [5.41, 5.74) is -1.25. The average Bonchev–Trinajstić information content (AvgIpc) is 2.77. The number of nitro groups is 1. The molecule has 1 aromatic heterocycles. The summed E-state index contributed by atoms with van der Waals surface area (Å²) in [6, 6.07) is 7.61. The molecule has 1 fully saturated rings. The van der Waals surface area contributed by atoms with Gasteiger partial charge in [0.25, 0.3) is 11.6 Å². The van der Waals surface area contributed by atoms with Gasteiger partial charge in [-0.2, -0.15) is 13.2 Å². The van der Waals surface area contributed by atoms with Crippen molar-refractivity contribution >= 4 is 29.1 Å². The summed E-state index contributed by atoms with van der Waals surface area (Å²) in [4.78, 5) is 40.0. The predicted molar refractivity (Wildman–Crippen MR) is 107 cm³/mol. The van der Waals surface area contributed by atoms with Crippen molar-refractivity contribution in [3.63, 3.8) is 0 Å². The van der Waals surface area contributed by atoms with Gasteiger partial charge >= 0.3 is 12.1 Å². The molecule has 1 amide bonds. The van der Waals surface area contributed by atoms with Gasteiger partial charge in [0.1, 0.15) is 11.5 Å². The number of esters is 1. The highest BCUT2D eigenvalue weighted by Gasteiger charge is 2.37. The Kier molecular flexibility index (Phi) is 6.91. The van der Waals surface area contributed by atoms with Crippen molar-refractivity contribution in [1.29, 1.82) is 0 Å². The molecule has 2 aromatic rings. The number of amides is 1. The van der Waals surface area contributed by atoms with Crippen LogP contribution in [0.4, 0.5) is 30.4 Å². The SMILES string of the molecule is O=C(COC(=O)C1CCCN(c2ncccc2C(F)(F)F)C1)Nc1ccccc1[N+](=O)[O-]. The maximum absolute atomic E-state index is 13.3. The Labute approximate surface area is 180 Å². The maximum atomic E-state index is 13.3. The number of hydrogen-bond acceptors (Lipinski definition) is 7. The third-order valence-corrected chi connectivity index (χ3v) is 4.87. The highest BCUT2D eigenvalue weighted by Crippen LogP contribution is 2.36. The van der Waals surface area contributed by atoms with Crippen molar-refractivity contribution in [2.75, 3.05) is 29.9 Å². The number of halogens is 3. The first-order chi connectivity index (χ1) is 15.2. The molecular weight excluding hydrogens is 433 g/mol. The van der Waals surface area contributed by atoms with Crippen LogP contribution in [0.5, 0.6) is 0 Å². The molecule has 2 heterocycles. The molecule has 0 spiro atoms. The van der Waals surface area contributed by atoms with Crippen LogP contribution in [0, 0.1) is 16.0 Å². The molecule has 1 unspecified atom stereocenters. The molecule has 170 valence electrons. The number of para-hydroxylation sites is 2. The molecule has 9 nitrogen and oxygen atoms in total. The average molecular weight is 452 g/mol. The Bertz CT molecular complexity index is 1010. The summed E-state index contributed by atoms with van der Waals surface area (Å²) in [7, 11) is 0. The van der Waals surface area contributed by atoms with E-state index >= 15 is 0 Å². The zero-order chi connectivity index (χ0) is 23.3. The second kappa shape index (κ2) is 9.62. The molecule has 1 N–H and O–H groups in total. The van der Waals surface area contributed by atoms with Gasteiger partial charge in [0.15, 0.2) is 6.61 Å². The second-order valence-corrected chi connectivity index (χ2v) is 7.09. The predicted octanol–water partition coefficient (Wildman–Crippen LogP) is 3.41. The van der Waals surface area contributed by atoms with Crippen LogP contribution in [-0.4, -0.2) is 41.5 Å². The van der Waals surface area contributed by atoms with Crippen LogP contribution in [0.2, 0.25) is 0 Å². The lowest BCUT2D eigenvalue weighted by Gasteiger charge is -2.33. The van der Waals surface area contributed by atoms with Crippen LogP contribution in [0.1, 0.15) is 18.4 Å². The fraction of sp³-hybridized carbons (Fsp3) is 0.350. The summed E-state index contributed by atoms with van der Waals surface area (Å²) in [6.07, 6.45) is -2.51. The lowest BCUT2D eigenvalue weighted by atomic mass is 9.98. The number of carbonyl (C=O) groups excluding carboxylic acids is 2. The third-order valence-electron chi connectivity index (χ3n) is 4.87. The summed E-state index contributed by atoms with van der Waals surface area (Å²) in [6.45, 7) is -0.425. The summed E-state index contributed by atoms with van der Waals surface area (Å²) in [5.74, 6) is -2.52. The van der Waals surface area contributed by atoms with Crippen molar-refractivity contribution in [3.05, 3.63) is 58.3 Å². The summed E-state index contributed by atoms with van der Waals surface area (Å²) in [5, 5.41) is 13.3. The lowest BCUT2D eigenvalue weighted by Crippen LogP contribution is -2.41. The largest absolute Gasteiger partial charge is 0.455 e. The fourth-order valence-electron chi connectivity index (χ4n) is 3.41. The van der Waals surface area contributed by atoms with Crippen LogP contribution in [-0.2, 0) is 20.5 Å². The highest BCUT2D eigenvalue weighted by atomic mass is 19.4. The number of nitrogens with one attached hydrogen (secondary N) is 1. The number of anilines is 2. The number of hydrogen-bond donors (Lipinski definition) is 1. The Morgan fingerprint density at radius 3 is 2.72 bits per heavy atom. The van der Waals surface area contributed by atoms with Gasteiger partial charge in [-0.05, 0) is 31.0 Å². The number of alkyl halides is 3. The van der Waals surface area contributed by atoms with Crippen molar-refractivity contribution < 1.29 is 32.4 Å². The molecule has 1 aliphatic heterocycles. The first-order valence-electron chi connectivity index (χ1n) is 9.64. The Hall–Kier alpha value is -3.70. The maximum Gasteiger partial charge on any atom is 0.419 e. The van der Waals surface area contributed by atoms with E-state index in [1.54, 1.807) is 0 Å². The lowest BCUT2D eigenvalue weighted by molar-refractivity contribution is -0.383. The van der Waals surface area contributed by atoms with Crippen molar-refractivity contribution in [2.24, 2.45) is 5.92 Å². The topological polar surface area (TPSA) is 115 Å². The van der Waals surface area contributed by atoms with Crippen molar-refractivity contribution in [2.45, 2.75) is 19.0 Å². The number of pyridine rings is 1. The van der Waals surface area contributed by atoms with Gasteiger partial charge in [-0.25, -0.2) is 4.98 Å². The van der Waals surface area contributed by atoms with Crippen LogP contribution >= 0.6 is 0 Å². The molecule has 1 atom stereocenters. The number of aromatic nitrogens is 1.